The van der Waals surface area contributed by atoms with Crippen LogP contribution in [-0.4, -0.2) is 23.0 Å². The summed E-state index contributed by atoms with van der Waals surface area (Å²) in [5.74, 6) is -3.97. The highest BCUT2D eigenvalue weighted by atomic mass is 19.3. The van der Waals surface area contributed by atoms with Gasteiger partial charge < -0.3 is 14.9 Å². The van der Waals surface area contributed by atoms with Crippen molar-refractivity contribution in [2.75, 3.05) is 7.11 Å². The van der Waals surface area contributed by atoms with Crippen molar-refractivity contribution in [1.29, 1.82) is 0 Å². The van der Waals surface area contributed by atoms with E-state index in [1.807, 2.05) is 0 Å². The van der Waals surface area contributed by atoms with Gasteiger partial charge in [-0.2, -0.15) is 0 Å². The quantitative estimate of drug-likeness (QED) is 0.464. The first-order chi connectivity index (χ1) is 7.88. The van der Waals surface area contributed by atoms with E-state index >= 15 is 0 Å². The second-order valence-electron chi connectivity index (χ2n) is 2.78. The molecule has 1 heterocycles. The van der Waals surface area contributed by atoms with E-state index < -0.39 is 40.2 Å². The molecule has 1 rings (SSSR count). The average Bonchev–Trinajstić information content (AvgIpc) is 2.27. The molecule has 0 amide bonds. The Labute approximate surface area is 92.2 Å². The van der Waals surface area contributed by atoms with E-state index in [4.69, 9.17) is 0 Å². The van der Waals surface area contributed by atoms with Gasteiger partial charge in [-0.25, -0.2) is 18.0 Å². The number of carbonyl (C=O) groups is 1. The predicted molar refractivity (Wildman–Crippen MR) is 47.1 cm³/mol. The summed E-state index contributed by atoms with van der Waals surface area (Å²) in [6.07, 6.45) is -3.27. The first kappa shape index (κ1) is 12.9. The van der Waals surface area contributed by atoms with Gasteiger partial charge in [-0.3, -0.25) is 0 Å². The van der Waals surface area contributed by atoms with Crippen LogP contribution in [0.2, 0.25) is 0 Å². The molecule has 0 aliphatic carbocycles. The number of carbonyl (C=O) groups excluding carboxylic acids is 1. The zero-order chi connectivity index (χ0) is 13.2. The van der Waals surface area contributed by atoms with E-state index in [1.54, 1.807) is 0 Å². The monoisotopic (exact) mass is 250 g/mol. The smallest absolute Gasteiger partial charge is 0.385 e. The van der Waals surface area contributed by atoms with Crippen molar-refractivity contribution in [3.8, 4) is 0 Å². The Hall–Kier alpha value is -2.19. The lowest BCUT2D eigenvalue weighted by molar-refractivity contribution is -0.391. The summed E-state index contributed by atoms with van der Waals surface area (Å²) < 4.78 is 42.0. The van der Waals surface area contributed by atoms with Gasteiger partial charge in [0, 0.05) is 0 Å². The molecule has 92 valence electrons. The lowest BCUT2D eigenvalue weighted by atomic mass is 10.2. The summed E-state index contributed by atoms with van der Waals surface area (Å²) >= 11 is 0. The van der Waals surface area contributed by atoms with E-state index in [0.717, 1.165) is 7.11 Å². The van der Waals surface area contributed by atoms with Crippen molar-refractivity contribution in [3.63, 3.8) is 0 Å². The number of pyridine rings is 1. The Morgan fingerprint density at radius 1 is 1.59 bits per heavy atom. The van der Waals surface area contributed by atoms with E-state index in [1.165, 1.54) is 0 Å². The lowest BCUT2D eigenvalue weighted by Gasteiger charge is -2.03. The Bertz CT molecular complexity index is 478. The second-order valence-corrected chi connectivity index (χ2v) is 2.78. The predicted octanol–water partition coefficient (Wildman–Crippen LogP) is 1.85. The topological polar surface area (TPSA) is 82.3 Å². The Morgan fingerprint density at radius 3 is 2.59 bits per heavy atom. The maximum absolute atomic E-state index is 13.2. The lowest BCUT2D eigenvalue weighted by Crippen LogP contribution is -2.11. The molecule has 0 saturated carbocycles. The number of methoxy groups -OCH3 is 1. The minimum atomic E-state index is -3.27. The molecule has 1 aromatic heterocycles. The number of nitrogens with zero attached hydrogens (tertiary/aromatic N) is 2. The van der Waals surface area contributed by atoms with Gasteiger partial charge in [-0.15, -0.1) is 0 Å². The van der Waals surface area contributed by atoms with Crippen molar-refractivity contribution in [2.45, 2.75) is 6.43 Å². The first-order valence-electron chi connectivity index (χ1n) is 4.09. The van der Waals surface area contributed by atoms with Crippen molar-refractivity contribution in [3.05, 3.63) is 33.3 Å². The fraction of sp³-hybridized carbons (Fsp3) is 0.250. The molecule has 0 aliphatic heterocycles. The van der Waals surface area contributed by atoms with Crippen LogP contribution in [0.4, 0.5) is 19.0 Å². The molecule has 1 aromatic rings. The second kappa shape index (κ2) is 4.76. The zero-order valence-electron chi connectivity index (χ0n) is 8.32. The van der Waals surface area contributed by atoms with Crippen molar-refractivity contribution >= 4 is 11.8 Å². The van der Waals surface area contributed by atoms with Gasteiger partial charge >= 0.3 is 11.8 Å². The average molecular weight is 250 g/mol. The fourth-order valence-corrected chi connectivity index (χ4v) is 1.04. The maximum Gasteiger partial charge on any atom is 0.385 e. The number of halogens is 3. The third-order valence-electron chi connectivity index (χ3n) is 1.77. The molecule has 0 aliphatic rings. The normalized spacial score (nSPS) is 10.4. The number of alkyl halides is 2. The fourth-order valence-electron chi connectivity index (χ4n) is 1.04. The minimum Gasteiger partial charge on any atom is -0.463 e. The Morgan fingerprint density at radius 2 is 2.18 bits per heavy atom. The highest BCUT2D eigenvalue weighted by molar-refractivity contribution is 5.87. The van der Waals surface area contributed by atoms with E-state index in [0.29, 0.717) is 0 Å². The number of nitro groups is 1. The highest BCUT2D eigenvalue weighted by Crippen LogP contribution is 2.28. The molecule has 0 bridgehead atoms. The Balaban J connectivity index is 3.45. The standard InChI is InChI=1S/C8H5F3N2O4/c1-17-8(14)5-4(9)2-3(6(10)11)7(12-5)13(15)16/h2,6H,1H3. The number of esters is 1. The molecule has 0 radical (unpaired) electrons. The van der Waals surface area contributed by atoms with Crippen LogP contribution in [0.1, 0.15) is 22.5 Å². The summed E-state index contributed by atoms with van der Waals surface area (Å²) in [6, 6.07) is 0.196. The van der Waals surface area contributed by atoms with Crippen LogP contribution in [0.15, 0.2) is 6.07 Å². The van der Waals surface area contributed by atoms with Gasteiger partial charge in [-0.1, -0.05) is 0 Å². The van der Waals surface area contributed by atoms with Gasteiger partial charge in [0.15, 0.2) is 5.82 Å². The number of ether oxygens (including phenoxy) is 1. The summed E-state index contributed by atoms with van der Waals surface area (Å²) in [5.41, 5.74) is -2.20. The zero-order valence-corrected chi connectivity index (χ0v) is 8.32. The van der Waals surface area contributed by atoms with Gasteiger partial charge in [0.1, 0.15) is 5.56 Å². The molecular weight excluding hydrogens is 245 g/mol. The number of hydrogen-bond acceptors (Lipinski definition) is 5. The molecule has 0 N–H and O–H groups in total. The van der Waals surface area contributed by atoms with Gasteiger partial charge in [0.25, 0.3) is 12.1 Å². The van der Waals surface area contributed by atoms with Crippen molar-refractivity contribution < 1.29 is 27.6 Å². The number of rotatable bonds is 3. The largest absolute Gasteiger partial charge is 0.463 e. The van der Waals surface area contributed by atoms with Crippen LogP contribution in [0.5, 0.6) is 0 Å². The highest BCUT2D eigenvalue weighted by Gasteiger charge is 2.31. The summed E-state index contributed by atoms with van der Waals surface area (Å²) in [7, 11) is 0.899. The maximum atomic E-state index is 13.2. The molecule has 9 heteroatoms. The SMILES string of the molecule is COC(=O)c1nc([N+](=O)[O-])c(C(F)F)cc1F. The van der Waals surface area contributed by atoms with Crippen LogP contribution in [-0.2, 0) is 4.74 Å². The van der Waals surface area contributed by atoms with Crippen molar-refractivity contribution in [2.24, 2.45) is 0 Å². The molecule has 6 nitrogen and oxygen atoms in total. The summed E-state index contributed by atoms with van der Waals surface area (Å²) in [4.78, 5) is 23.1. The van der Waals surface area contributed by atoms with Crippen LogP contribution in [0, 0.1) is 15.9 Å². The van der Waals surface area contributed by atoms with Gasteiger partial charge in [0.05, 0.1) is 7.11 Å². The molecule has 17 heavy (non-hydrogen) atoms. The summed E-state index contributed by atoms with van der Waals surface area (Å²) in [6.45, 7) is 0. The number of hydrogen-bond donors (Lipinski definition) is 0. The van der Waals surface area contributed by atoms with Crippen LogP contribution in [0.25, 0.3) is 0 Å². The van der Waals surface area contributed by atoms with E-state index in [9.17, 15) is 28.1 Å². The number of aromatic nitrogens is 1. The third kappa shape index (κ3) is 2.49. The van der Waals surface area contributed by atoms with Gasteiger partial charge in [-0.05, 0) is 16.0 Å². The Kier molecular flexibility index (Phi) is 3.61. The van der Waals surface area contributed by atoms with E-state index in [-0.39, 0.29) is 6.07 Å². The molecule has 0 atom stereocenters. The first-order valence-corrected chi connectivity index (χ1v) is 4.09. The molecule has 0 aromatic carbocycles. The minimum absolute atomic E-state index is 0.196. The van der Waals surface area contributed by atoms with Crippen LogP contribution < -0.4 is 0 Å². The molecule has 0 unspecified atom stereocenters. The molecular formula is C8H5F3N2O4. The molecule has 0 fully saturated rings. The van der Waals surface area contributed by atoms with E-state index in [2.05, 4.69) is 9.72 Å². The van der Waals surface area contributed by atoms with Crippen LogP contribution >= 0.6 is 0 Å². The third-order valence-corrected chi connectivity index (χ3v) is 1.77. The van der Waals surface area contributed by atoms with Crippen molar-refractivity contribution in [1.82, 2.24) is 4.98 Å². The molecule has 0 spiro atoms. The molecule has 0 saturated heterocycles. The van der Waals surface area contributed by atoms with Gasteiger partial charge in [0.2, 0.25) is 0 Å². The summed E-state index contributed by atoms with van der Waals surface area (Å²) in [5, 5.41) is 10.4. The van der Waals surface area contributed by atoms with Crippen LogP contribution in [0.3, 0.4) is 0 Å².